The van der Waals surface area contributed by atoms with Crippen LogP contribution in [0.3, 0.4) is 0 Å². The number of anilines is 2. The Bertz CT molecular complexity index is 1200. The SMILES string of the molecule is CC1CCC(C(C)C)N(c2cc3ccc4cc(N5CC(C)CCC5C(C)C)cc5ccc(c2)c3c45)C1. The van der Waals surface area contributed by atoms with Gasteiger partial charge in [0.25, 0.3) is 0 Å². The molecule has 2 aliphatic rings. The lowest BCUT2D eigenvalue weighted by Crippen LogP contribution is -2.45. The second kappa shape index (κ2) is 9.12. The normalized spacial score (nSPS) is 25.8. The zero-order valence-electron chi connectivity index (χ0n) is 23.2. The highest BCUT2D eigenvalue weighted by Gasteiger charge is 2.30. The molecule has 4 unspecified atom stereocenters. The number of hydrogen-bond acceptors (Lipinski definition) is 2. The number of piperidine rings is 2. The lowest BCUT2D eigenvalue weighted by molar-refractivity contribution is 0.322. The van der Waals surface area contributed by atoms with Crippen molar-refractivity contribution in [3.8, 4) is 0 Å². The van der Waals surface area contributed by atoms with Crippen molar-refractivity contribution in [1.82, 2.24) is 0 Å². The highest BCUT2D eigenvalue weighted by Crippen LogP contribution is 2.42. The van der Waals surface area contributed by atoms with E-state index in [2.05, 4.69) is 99.9 Å². The first kappa shape index (κ1) is 23.9. The van der Waals surface area contributed by atoms with Crippen LogP contribution in [-0.4, -0.2) is 25.2 Å². The van der Waals surface area contributed by atoms with E-state index in [-0.39, 0.29) is 0 Å². The molecule has 2 saturated heterocycles. The van der Waals surface area contributed by atoms with Crippen molar-refractivity contribution in [3.63, 3.8) is 0 Å². The Hall–Kier alpha value is -2.48. The van der Waals surface area contributed by atoms with E-state index in [9.17, 15) is 0 Å². The van der Waals surface area contributed by atoms with Gasteiger partial charge in [-0.05, 0) is 106 Å². The van der Waals surface area contributed by atoms with Crippen LogP contribution in [0.2, 0.25) is 0 Å². The molecule has 0 aromatic heterocycles. The van der Waals surface area contributed by atoms with Gasteiger partial charge in [-0.15, -0.1) is 0 Å². The summed E-state index contributed by atoms with van der Waals surface area (Å²) < 4.78 is 0. The van der Waals surface area contributed by atoms with Crippen molar-refractivity contribution in [1.29, 1.82) is 0 Å². The molecule has 0 spiro atoms. The van der Waals surface area contributed by atoms with Crippen LogP contribution in [0.1, 0.15) is 67.2 Å². The molecule has 190 valence electrons. The van der Waals surface area contributed by atoms with E-state index in [4.69, 9.17) is 0 Å². The van der Waals surface area contributed by atoms with Crippen molar-refractivity contribution in [3.05, 3.63) is 48.5 Å². The van der Waals surface area contributed by atoms with Crippen LogP contribution in [0.4, 0.5) is 11.4 Å². The summed E-state index contributed by atoms with van der Waals surface area (Å²) in [4.78, 5) is 5.43. The van der Waals surface area contributed by atoms with Crippen LogP contribution >= 0.6 is 0 Å². The van der Waals surface area contributed by atoms with E-state index in [1.165, 1.54) is 82.5 Å². The van der Waals surface area contributed by atoms with Gasteiger partial charge in [0.15, 0.2) is 0 Å². The third-order valence-electron chi connectivity index (χ3n) is 9.43. The summed E-state index contributed by atoms with van der Waals surface area (Å²) in [5.41, 5.74) is 2.82. The van der Waals surface area contributed by atoms with E-state index >= 15 is 0 Å². The molecule has 4 aromatic rings. The summed E-state index contributed by atoms with van der Waals surface area (Å²) in [5.74, 6) is 2.87. The van der Waals surface area contributed by atoms with E-state index in [0.717, 1.165) is 11.8 Å². The molecule has 0 radical (unpaired) electrons. The van der Waals surface area contributed by atoms with Gasteiger partial charge >= 0.3 is 0 Å². The van der Waals surface area contributed by atoms with Gasteiger partial charge < -0.3 is 9.80 Å². The van der Waals surface area contributed by atoms with Crippen LogP contribution in [-0.2, 0) is 0 Å². The molecular formula is C34H44N2. The second-order valence-corrected chi connectivity index (χ2v) is 13.0. The van der Waals surface area contributed by atoms with Crippen LogP contribution in [0.25, 0.3) is 32.3 Å². The predicted octanol–water partition coefficient (Wildman–Crippen LogP) is 9.11. The molecule has 2 aliphatic heterocycles. The average molecular weight is 481 g/mol. The van der Waals surface area contributed by atoms with Gasteiger partial charge in [0.1, 0.15) is 0 Å². The Balaban J connectivity index is 1.46. The smallest absolute Gasteiger partial charge is 0.0381 e. The number of hydrogen-bond donors (Lipinski definition) is 0. The predicted molar refractivity (Wildman–Crippen MR) is 159 cm³/mol. The molecule has 2 heteroatoms. The molecular weight excluding hydrogens is 436 g/mol. The highest BCUT2D eigenvalue weighted by molar-refractivity contribution is 6.24. The second-order valence-electron chi connectivity index (χ2n) is 13.0. The molecule has 0 bridgehead atoms. The topological polar surface area (TPSA) is 6.48 Å². The van der Waals surface area contributed by atoms with Gasteiger partial charge in [-0.2, -0.15) is 0 Å². The third-order valence-corrected chi connectivity index (χ3v) is 9.43. The minimum atomic E-state index is 0.637. The summed E-state index contributed by atoms with van der Waals surface area (Å²) in [7, 11) is 0. The van der Waals surface area contributed by atoms with Gasteiger partial charge in [-0.1, -0.05) is 65.8 Å². The number of benzene rings is 4. The fourth-order valence-corrected chi connectivity index (χ4v) is 7.46. The quantitative estimate of drug-likeness (QED) is 0.269. The average Bonchev–Trinajstić information content (AvgIpc) is 2.86. The molecule has 0 aliphatic carbocycles. The Morgan fingerprint density at radius 2 is 0.889 bits per heavy atom. The van der Waals surface area contributed by atoms with Crippen LogP contribution in [0.5, 0.6) is 0 Å². The monoisotopic (exact) mass is 480 g/mol. The molecule has 2 fully saturated rings. The van der Waals surface area contributed by atoms with E-state index in [0.29, 0.717) is 23.9 Å². The van der Waals surface area contributed by atoms with Crippen molar-refractivity contribution < 1.29 is 0 Å². The molecule has 0 saturated carbocycles. The van der Waals surface area contributed by atoms with Crippen LogP contribution < -0.4 is 9.80 Å². The van der Waals surface area contributed by atoms with Crippen molar-refractivity contribution in [2.75, 3.05) is 22.9 Å². The Morgan fingerprint density at radius 3 is 1.19 bits per heavy atom. The maximum atomic E-state index is 2.72. The Labute approximate surface area is 218 Å². The molecule has 4 aromatic carbocycles. The van der Waals surface area contributed by atoms with E-state index in [1.807, 2.05) is 0 Å². The van der Waals surface area contributed by atoms with Crippen molar-refractivity contribution >= 4 is 43.7 Å². The zero-order chi connectivity index (χ0) is 25.1. The minimum Gasteiger partial charge on any atom is -0.368 e. The minimum absolute atomic E-state index is 0.637. The zero-order valence-corrected chi connectivity index (χ0v) is 23.2. The van der Waals surface area contributed by atoms with Gasteiger partial charge in [0.05, 0.1) is 0 Å². The molecule has 36 heavy (non-hydrogen) atoms. The first-order valence-corrected chi connectivity index (χ1v) is 14.6. The van der Waals surface area contributed by atoms with Crippen LogP contribution in [0, 0.1) is 23.7 Å². The van der Waals surface area contributed by atoms with Crippen LogP contribution in [0.15, 0.2) is 48.5 Å². The van der Waals surface area contributed by atoms with Crippen molar-refractivity contribution in [2.45, 2.75) is 79.3 Å². The van der Waals surface area contributed by atoms with Gasteiger partial charge in [0.2, 0.25) is 0 Å². The van der Waals surface area contributed by atoms with Gasteiger partial charge in [-0.3, -0.25) is 0 Å². The van der Waals surface area contributed by atoms with E-state index < -0.39 is 0 Å². The molecule has 0 amide bonds. The fourth-order valence-electron chi connectivity index (χ4n) is 7.46. The summed E-state index contributed by atoms with van der Waals surface area (Å²) in [5, 5.41) is 8.45. The summed E-state index contributed by atoms with van der Waals surface area (Å²) in [6.45, 7) is 16.7. The molecule has 0 N–H and O–H groups in total. The number of rotatable bonds is 4. The fraction of sp³-hybridized carbons (Fsp3) is 0.529. The van der Waals surface area contributed by atoms with Crippen molar-refractivity contribution in [2.24, 2.45) is 23.7 Å². The maximum absolute atomic E-state index is 2.72. The highest BCUT2D eigenvalue weighted by atomic mass is 15.2. The molecule has 4 atom stereocenters. The maximum Gasteiger partial charge on any atom is 0.0381 e. The first-order chi connectivity index (χ1) is 17.3. The lowest BCUT2D eigenvalue weighted by atomic mass is 9.86. The van der Waals surface area contributed by atoms with Gasteiger partial charge in [0, 0.05) is 36.5 Å². The summed E-state index contributed by atoms with van der Waals surface area (Å²) in [6.07, 6.45) is 5.31. The first-order valence-electron chi connectivity index (χ1n) is 14.6. The molecule has 6 rings (SSSR count). The lowest BCUT2D eigenvalue weighted by Gasteiger charge is -2.43. The molecule has 2 nitrogen and oxygen atoms in total. The van der Waals surface area contributed by atoms with Gasteiger partial charge in [-0.25, -0.2) is 0 Å². The standard InChI is InChI=1S/C34H44N2/c1-21(2)31-13-7-23(5)19-35(31)29-15-25-9-11-27-17-30(36-20-24(6)8-14-32(36)22(3)4)18-28-12-10-26(16-29)33(25)34(27)28/h9-12,15-18,21-24,31-32H,7-8,13-14,19-20H2,1-6H3. The summed E-state index contributed by atoms with van der Waals surface area (Å²) >= 11 is 0. The molecule has 2 heterocycles. The Kier molecular flexibility index (Phi) is 6.05. The summed E-state index contributed by atoms with van der Waals surface area (Å²) in [6, 6.07) is 20.7. The Morgan fingerprint density at radius 1 is 0.556 bits per heavy atom. The largest absolute Gasteiger partial charge is 0.368 e. The van der Waals surface area contributed by atoms with E-state index in [1.54, 1.807) is 0 Å². The number of nitrogens with zero attached hydrogens (tertiary/aromatic N) is 2. The third kappa shape index (κ3) is 4.01.